The van der Waals surface area contributed by atoms with Crippen LogP contribution >= 0.6 is 0 Å². The molecule has 0 aromatic rings. The summed E-state index contributed by atoms with van der Waals surface area (Å²) in [6.45, 7) is 3.43. The van der Waals surface area contributed by atoms with Crippen LogP contribution in [-0.4, -0.2) is 5.11 Å². The number of aliphatic hydroxyl groups is 1. The largest absolute Gasteiger partial charge is 0.516 e. The van der Waals surface area contributed by atoms with E-state index in [0.717, 1.165) is 6.26 Å². The highest BCUT2D eigenvalue weighted by Gasteiger charge is 1.53. The molecule has 0 aliphatic rings. The lowest BCUT2D eigenvalue weighted by Crippen LogP contribution is -1.46. The zero-order valence-electron chi connectivity index (χ0n) is 4.04. The van der Waals surface area contributed by atoms with Crippen molar-refractivity contribution in [3.05, 3.63) is 37.1 Å². The van der Waals surface area contributed by atoms with Crippen molar-refractivity contribution >= 4 is 0 Å². The van der Waals surface area contributed by atoms with Crippen molar-refractivity contribution in [2.45, 2.75) is 0 Å². The van der Waals surface area contributed by atoms with Gasteiger partial charge in [-0.2, -0.15) is 0 Å². The summed E-state index contributed by atoms with van der Waals surface area (Å²) >= 11 is 0. The van der Waals surface area contributed by atoms with Crippen LogP contribution in [0.2, 0.25) is 0 Å². The minimum Gasteiger partial charge on any atom is -0.516 e. The maximum absolute atomic E-state index is 8.03. The van der Waals surface area contributed by atoms with E-state index in [-0.39, 0.29) is 0 Å². The Morgan fingerprint density at radius 3 is 2.29 bits per heavy atom. The van der Waals surface area contributed by atoms with E-state index in [2.05, 4.69) is 6.58 Å². The molecule has 0 fully saturated rings. The first kappa shape index (κ1) is 6.02. The Balaban J connectivity index is 3.27. The Kier molecular flexibility index (Phi) is 4.32. The van der Waals surface area contributed by atoms with Crippen LogP contribution in [0.5, 0.6) is 0 Å². The third-order valence-corrected chi connectivity index (χ3v) is 0.444. The molecule has 1 heteroatoms. The number of aliphatic hydroxyl groups excluding tert-OH is 1. The van der Waals surface area contributed by atoms with Gasteiger partial charge in [0.2, 0.25) is 0 Å². The smallest absolute Gasteiger partial charge is 0.0791 e. The molecule has 1 nitrogen and oxygen atoms in total. The van der Waals surface area contributed by atoms with Gasteiger partial charge in [0.1, 0.15) is 0 Å². The van der Waals surface area contributed by atoms with E-state index in [1.165, 1.54) is 6.08 Å². The van der Waals surface area contributed by atoms with Gasteiger partial charge < -0.3 is 5.11 Å². The molecular formula is C6H8O. The Hall–Kier alpha value is -0.980. The molecule has 0 aliphatic heterocycles. The monoisotopic (exact) mass is 96.1 g/mol. The average Bonchev–Trinajstić information content (AvgIpc) is 1.69. The molecule has 0 spiro atoms. The van der Waals surface area contributed by atoms with Gasteiger partial charge in [-0.25, -0.2) is 0 Å². The molecule has 0 heterocycles. The molecule has 0 bridgehead atoms. The highest BCUT2D eigenvalue weighted by Crippen LogP contribution is 1.72. The van der Waals surface area contributed by atoms with Crippen molar-refractivity contribution in [2.75, 3.05) is 0 Å². The van der Waals surface area contributed by atoms with Crippen LogP contribution in [0.15, 0.2) is 37.1 Å². The van der Waals surface area contributed by atoms with Gasteiger partial charge in [0, 0.05) is 0 Å². The normalized spacial score (nSPS) is 10.9. The molecule has 38 valence electrons. The predicted molar refractivity (Wildman–Crippen MR) is 31.1 cm³/mol. The highest BCUT2D eigenvalue weighted by atomic mass is 16.2. The van der Waals surface area contributed by atoms with Gasteiger partial charge in [0.15, 0.2) is 0 Å². The summed E-state index contributed by atoms with van der Waals surface area (Å²) in [5.41, 5.74) is 0. The van der Waals surface area contributed by atoms with Crippen LogP contribution in [0.3, 0.4) is 0 Å². The SMILES string of the molecule is C=CC=C/C=C\O. The number of allylic oxidation sites excluding steroid dienone is 4. The zero-order chi connectivity index (χ0) is 5.54. The molecule has 0 saturated carbocycles. The third kappa shape index (κ3) is 5.02. The van der Waals surface area contributed by atoms with Crippen molar-refractivity contribution in [1.29, 1.82) is 0 Å². The second-order valence-electron chi connectivity index (χ2n) is 0.962. The van der Waals surface area contributed by atoms with E-state index in [4.69, 9.17) is 5.11 Å². The maximum atomic E-state index is 8.03. The van der Waals surface area contributed by atoms with Gasteiger partial charge in [0.05, 0.1) is 6.26 Å². The van der Waals surface area contributed by atoms with Gasteiger partial charge in [-0.15, -0.1) is 0 Å². The van der Waals surface area contributed by atoms with E-state index in [9.17, 15) is 0 Å². The van der Waals surface area contributed by atoms with E-state index in [1.807, 2.05) is 0 Å². The zero-order valence-corrected chi connectivity index (χ0v) is 4.04. The molecule has 0 amide bonds. The third-order valence-electron chi connectivity index (χ3n) is 0.444. The molecule has 0 aromatic heterocycles. The highest BCUT2D eigenvalue weighted by molar-refractivity contribution is 5.06. The Morgan fingerprint density at radius 1 is 1.14 bits per heavy atom. The fourth-order valence-electron chi connectivity index (χ4n) is 0.192. The van der Waals surface area contributed by atoms with Crippen LogP contribution in [0.25, 0.3) is 0 Å². The lowest BCUT2D eigenvalue weighted by atomic mass is 10.5. The van der Waals surface area contributed by atoms with Crippen LogP contribution in [0.4, 0.5) is 0 Å². The van der Waals surface area contributed by atoms with Crippen LogP contribution < -0.4 is 0 Å². The van der Waals surface area contributed by atoms with Crippen LogP contribution in [0.1, 0.15) is 0 Å². The van der Waals surface area contributed by atoms with Crippen molar-refractivity contribution in [3.63, 3.8) is 0 Å². The molecule has 0 unspecified atom stereocenters. The van der Waals surface area contributed by atoms with E-state index < -0.39 is 0 Å². The quantitative estimate of drug-likeness (QED) is 0.410. The summed E-state index contributed by atoms with van der Waals surface area (Å²) in [4.78, 5) is 0. The second kappa shape index (κ2) is 5.02. The fraction of sp³-hybridized carbons (Fsp3) is 0. The molecule has 1 N–H and O–H groups in total. The fourth-order valence-corrected chi connectivity index (χ4v) is 0.192. The number of hydrogen-bond donors (Lipinski definition) is 1. The lowest BCUT2D eigenvalue weighted by Gasteiger charge is -1.65. The van der Waals surface area contributed by atoms with Crippen LogP contribution in [-0.2, 0) is 0 Å². The topological polar surface area (TPSA) is 20.2 Å². The van der Waals surface area contributed by atoms with Crippen LogP contribution in [0, 0.1) is 0 Å². The summed E-state index contributed by atoms with van der Waals surface area (Å²) in [5.74, 6) is 0. The van der Waals surface area contributed by atoms with Gasteiger partial charge in [-0.05, 0) is 6.08 Å². The molecule has 7 heavy (non-hydrogen) atoms. The summed E-state index contributed by atoms with van der Waals surface area (Å²) in [5, 5.41) is 8.03. The van der Waals surface area contributed by atoms with Crippen molar-refractivity contribution in [1.82, 2.24) is 0 Å². The minimum atomic E-state index is 0.972. The molecule has 0 aliphatic carbocycles. The first-order chi connectivity index (χ1) is 3.41. The summed E-state index contributed by atoms with van der Waals surface area (Å²) in [7, 11) is 0. The first-order valence-corrected chi connectivity index (χ1v) is 2.00. The molecule has 0 aromatic carbocycles. The predicted octanol–water partition coefficient (Wildman–Crippen LogP) is 1.80. The molecular weight excluding hydrogens is 88.1 g/mol. The molecule has 0 radical (unpaired) electrons. The lowest BCUT2D eigenvalue weighted by molar-refractivity contribution is 0.474. The molecule has 0 rings (SSSR count). The summed E-state index contributed by atoms with van der Waals surface area (Å²) in [6.07, 6.45) is 7.54. The summed E-state index contributed by atoms with van der Waals surface area (Å²) < 4.78 is 0. The van der Waals surface area contributed by atoms with Gasteiger partial charge in [0.25, 0.3) is 0 Å². The van der Waals surface area contributed by atoms with E-state index in [1.54, 1.807) is 18.2 Å². The maximum Gasteiger partial charge on any atom is 0.0791 e. The number of rotatable bonds is 2. The van der Waals surface area contributed by atoms with E-state index in [0.29, 0.717) is 0 Å². The van der Waals surface area contributed by atoms with Crippen molar-refractivity contribution in [3.8, 4) is 0 Å². The Labute approximate surface area is 43.3 Å². The number of hydrogen-bond acceptors (Lipinski definition) is 1. The Morgan fingerprint density at radius 2 is 1.86 bits per heavy atom. The van der Waals surface area contributed by atoms with Crippen molar-refractivity contribution < 1.29 is 5.11 Å². The summed E-state index contributed by atoms with van der Waals surface area (Å²) in [6, 6.07) is 0. The molecule has 0 atom stereocenters. The molecule has 0 saturated heterocycles. The van der Waals surface area contributed by atoms with Gasteiger partial charge >= 0.3 is 0 Å². The minimum absolute atomic E-state index is 0.972. The van der Waals surface area contributed by atoms with Gasteiger partial charge in [-0.1, -0.05) is 24.8 Å². The standard InChI is InChI=1S/C6H8O/c1-2-3-4-5-6-7/h2-7H,1H2/b4-3?,6-5-. The average molecular weight is 96.1 g/mol. The van der Waals surface area contributed by atoms with E-state index >= 15 is 0 Å². The Bertz CT molecular complexity index is 90.4. The van der Waals surface area contributed by atoms with Crippen molar-refractivity contribution in [2.24, 2.45) is 0 Å². The first-order valence-electron chi connectivity index (χ1n) is 2.00. The second-order valence-corrected chi connectivity index (χ2v) is 0.962. The van der Waals surface area contributed by atoms with Gasteiger partial charge in [-0.3, -0.25) is 0 Å².